The minimum atomic E-state index is -4.80. The average Bonchev–Trinajstić information content (AvgIpc) is 3.01. The van der Waals surface area contributed by atoms with E-state index in [1.165, 1.54) is 48.5 Å². The number of amides is 3. The lowest BCUT2D eigenvalue weighted by Gasteiger charge is -2.32. The number of carbonyl (C=O) groups excluding carboxylic acids is 2. The van der Waals surface area contributed by atoms with Crippen molar-refractivity contribution in [1.82, 2.24) is 4.90 Å². The number of carboxylic acids is 1. The summed E-state index contributed by atoms with van der Waals surface area (Å²) in [5, 5.41) is 14.7. The SMILES string of the molecule is Cc1cccc(C(=O)Nc2cccc(OC3CCN(C(=O)Nc4ccc(C(=O)O)cc4)CC3)c2)c1-c1ccc(OC(F)(F)F)cc1. The van der Waals surface area contributed by atoms with Crippen molar-refractivity contribution in [2.45, 2.75) is 32.2 Å². The second-order valence-corrected chi connectivity index (χ2v) is 10.7. The average molecular weight is 634 g/mol. The minimum Gasteiger partial charge on any atom is -0.490 e. The van der Waals surface area contributed by atoms with Gasteiger partial charge in [-0.25, -0.2) is 9.59 Å². The van der Waals surface area contributed by atoms with Crippen molar-refractivity contribution in [3.05, 3.63) is 108 Å². The van der Waals surface area contributed by atoms with E-state index in [2.05, 4.69) is 15.4 Å². The van der Waals surface area contributed by atoms with Gasteiger partial charge >= 0.3 is 18.4 Å². The molecular formula is C34H30F3N3O6. The maximum Gasteiger partial charge on any atom is 0.573 e. The highest BCUT2D eigenvalue weighted by molar-refractivity contribution is 6.09. The highest BCUT2D eigenvalue weighted by Crippen LogP contribution is 2.32. The molecule has 12 heteroatoms. The molecule has 0 saturated carbocycles. The van der Waals surface area contributed by atoms with Gasteiger partial charge in [0.05, 0.1) is 5.56 Å². The number of aryl methyl sites for hydroxylation is 1. The van der Waals surface area contributed by atoms with Crippen LogP contribution in [0.15, 0.2) is 91.0 Å². The highest BCUT2D eigenvalue weighted by Gasteiger charge is 2.31. The first-order valence-corrected chi connectivity index (χ1v) is 14.4. The Balaban J connectivity index is 1.18. The predicted octanol–water partition coefficient (Wildman–Crippen LogP) is 7.59. The van der Waals surface area contributed by atoms with Gasteiger partial charge in [-0.1, -0.05) is 30.3 Å². The smallest absolute Gasteiger partial charge is 0.490 e. The van der Waals surface area contributed by atoms with E-state index in [4.69, 9.17) is 9.84 Å². The first kappa shape index (κ1) is 31.9. The van der Waals surface area contributed by atoms with Crippen molar-refractivity contribution in [1.29, 1.82) is 0 Å². The number of aromatic carboxylic acids is 1. The Morgan fingerprint density at radius 3 is 2.15 bits per heavy atom. The lowest BCUT2D eigenvalue weighted by molar-refractivity contribution is -0.274. The van der Waals surface area contributed by atoms with Crippen molar-refractivity contribution in [3.8, 4) is 22.6 Å². The van der Waals surface area contributed by atoms with Crippen molar-refractivity contribution < 1.29 is 42.1 Å². The van der Waals surface area contributed by atoms with Crippen LogP contribution in [0, 0.1) is 6.92 Å². The minimum absolute atomic E-state index is 0.131. The van der Waals surface area contributed by atoms with Gasteiger partial charge in [0.15, 0.2) is 0 Å². The molecule has 3 N–H and O–H groups in total. The number of hydrogen-bond acceptors (Lipinski definition) is 5. The van der Waals surface area contributed by atoms with E-state index >= 15 is 0 Å². The van der Waals surface area contributed by atoms with Gasteiger partial charge in [0, 0.05) is 48.9 Å². The number of urea groups is 1. The van der Waals surface area contributed by atoms with Crippen molar-refractivity contribution >= 4 is 29.3 Å². The number of ether oxygens (including phenoxy) is 2. The number of carbonyl (C=O) groups is 3. The number of benzene rings is 4. The predicted molar refractivity (Wildman–Crippen MR) is 165 cm³/mol. The van der Waals surface area contributed by atoms with Crippen LogP contribution in [-0.4, -0.2) is 53.5 Å². The van der Waals surface area contributed by atoms with Gasteiger partial charge in [-0.05, 0) is 78.2 Å². The number of halogens is 3. The van der Waals surface area contributed by atoms with E-state index in [0.29, 0.717) is 59.7 Å². The van der Waals surface area contributed by atoms with Crippen molar-refractivity contribution in [2.75, 3.05) is 23.7 Å². The molecule has 4 aromatic rings. The Kier molecular flexibility index (Phi) is 9.45. The molecule has 1 aliphatic heterocycles. The van der Waals surface area contributed by atoms with E-state index in [1.54, 1.807) is 41.3 Å². The molecule has 1 fully saturated rings. The fourth-order valence-corrected chi connectivity index (χ4v) is 5.18. The van der Waals surface area contributed by atoms with Gasteiger partial charge in [-0.3, -0.25) is 4.79 Å². The first-order chi connectivity index (χ1) is 21.9. The van der Waals surface area contributed by atoms with E-state index < -0.39 is 18.2 Å². The Morgan fingerprint density at radius 1 is 0.826 bits per heavy atom. The molecule has 0 atom stereocenters. The van der Waals surface area contributed by atoms with Gasteiger partial charge in [-0.15, -0.1) is 13.2 Å². The zero-order chi connectivity index (χ0) is 32.8. The maximum absolute atomic E-state index is 13.4. The quantitative estimate of drug-likeness (QED) is 0.184. The van der Waals surface area contributed by atoms with Crippen molar-refractivity contribution in [3.63, 3.8) is 0 Å². The Hall–Kier alpha value is -5.52. The van der Waals surface area contributed by atoms with Crippen LogP contribution in [0.1, 0.15) is 39.1 Å². The summed E-state index contributed by atoms with van der Waals surface area (Å²) in [6.45, 7) is 2.73. The molecule has 0 unspecified atom stereocenters. The molecule has 1 heterocycles. The third-order valence-electron chi connectivity index (χ3n) is 7.40. The van der Waals surface area contributed by atoms with Crippen molar-refractivity contribution in [2.24, 2.45) is 0 Å². The fraction of sp³-hybridized carbons (Fsp3) is 0.206. The van der Waals surface area contributed by atoms with Crippen LogP contribution in [0.2, 0.25) is 0 Å². The van der Waals surface area contributed by atoms with E-state index in [0.717, 1.165) is 5.56 Å². The molecule has 0 bridgehead atoms. The monoisotopic (exact) mass is 633 g/mol. The maximum atomic E-state index is 13.4. The molecule has 0 aromatic heterocycles. The molecule has 0 spiro atoms. The summed E-state index contributed by atoms with van der Waals surface area (Å²) in [5.41, 5.74) is 3.38. The fourth-order valence-electron chi connectivity index (χ4n) is 5.18. The number of alkyl halides is 3. The van der Waals surface area contributed by atoms with Crippen LogP contribution in [0.5, 0.6) is 11.5 Å². The van der Waals surface area contributed by atoms with Gasteiger partial charge < -0.3 is 30.1 Å². The van der Waals surface area contributed by atoms with Crippen LogP contribution in [0.4, 0.5) is 29.3 Å². The van der Waals surface area contributed by atoms with Gasteiger partial charge in [0.25, 0.3) is 5.91 Å². The van der Waals surface area contributed by atoms with Crippen LogP contribution in [0.3, 0.4) is 0 Å². The second kappa shape index (κ2) is 13.6. The molecule has 9 nitrogen and oxygen atoms in total. The number of carboxylic acid groups (broad SMARTS) is 1. The van der Waals surface area contributed by atoms with E-state index in [-0.39, 0.29) is 23.4 Å². The largest absolute Gasteiger partial charge is 0.573 e. The molecule has 46 heavy (non-hydrogen) atoms. The number of piperidine rings is 1. The zero-order valence-corrected chi connectivity index (χ0v) is 24.6. The summed E-state index contributed by atoms with van der Waals surface area (Å²) in [6, 6.07) is 23.1. The number of anilines is 2. The number of nitrogens with one attached hydrogen (secondary N) is 2. The topological polar surface area (TPSA) is 117 Å². The molecule has 4 aromatic carbocycles. The summed E-state index contributed by atoms with van der Waals surface area (Å²) in [5.74, 6) is -1.25. The lowest BCUT2D eigenvalue weighted by atomic mass is 9.94. The summed E-state index contributed by atoms with van der Waals surface area (Å²) in [4.78, 5) is 38.8. The molecule has 3 amide bonds. The summed E-state index contributed by atoms with van der Waals surface area (Å²) < 4.78 is 47.9. The summed E-state index contributed by atoms with van der Waals surface area (Å²) >= 11 is 0. The first-order valence-electron chi connectivity index (χ1n) is 14.4. The third kappa shape index (κ3) is 8.14. The number of rotatable bonds is 8. The lowest BCUT2D eigenvalue weighted by Crippen LogP contribution is -2.43. The summed E-state index contributed by atoms with van der Waals surface area (Å²) in [6.07, 6.45) is -3.79. The molecule has 1 aliphatic rings. The number of hydrogen-bond donors (Lipinski definition) is 3. The van der Waals surface area contributed by atoms with Crippen LogP contribution >= 0.6 is 0 Å². The number of likely N-dealkylation sites (tertiary alicyclic amines) is 1. The Labute approximate surface area is 262 Å². The Morgan fingerprint density at radius 2 is 1.50 bits per heavy atom. The van der Waals surface area contributed by atoms with Gasteiger partial charge in [-0.2, -0.15) is 0 Å². The number of nitrogens with zero attached hydrogens (tertiary/aromatic N) is 1. The highest BCUT2D eigenvalue weighted by atomic mass is 19.4. The van der Waals surface area contributed by atoms with E-state index in [9.17, 15) is 27.6 Å². The van der Waals surface area contributed by atoms with Gasteiger partial charge in [0.1, 0.15) is 17.6 Å². The molecule has 0 aliphatic carbocycles. The molecular weight excluding hydrogens is 603 g/mol. The van der Waals surface area contributed by atoms with E-state index in [1.807, 2.05) is 13.0 Å². The molecule has 0 radical (unpaired) electrons. The van der Waals surface area contributed by atoms with Crippen LogP contribution < -0.4 is 20.1 Å². The standard InChI is InChI=1S/C34H30F3N3O6/c1-21-4-2-7-29(30(21)22-10-14-27(15-11-22)46-34(35,36)37)31(41)38-25-5-3-6-28(20-25)45-26-16-18-40(19-17-26)33(44)39-24-12-8-23(9-13-24)32(42)43/h2-15,20,26H,16-19H2,1H3,(H,38,41)(H,39,44)(H,42,43). The Bertz CT molecular complexity index is 1720. The molecule has 5 rings (SSSR count). The third-order valence-corrected chi connectivity index (χ3v) is 7.40. The zero-order valence-electron chi connectivity index (χ0n) is 24.6. The molecule has 1 saturated heterocycles. The van der Waals surface area contributed by atoms with Gasteiger partial charge in [0.2, 0.25) is 0 Å². The van der Waals surface area contributed by atoms with Crippen LogP contribution in [0.25, 0.3) is 11.1 Å². The van der Waals surface area contributed by atoms with Crippen LogP contribution in [-0.2, 0) is 0 Å². The normalized spacial score (nSPS) is 13.5. The molecule has 238 valence electrons. The summed E-state index contributed by atoms with van der Waals surface area (Å²) in [7, 11) is 0. The second-order valence-electron chi connectivity index (χ2n) is 10.7.